The summed E-state index contributed by atoms with van der Waals surface area (Å²) in [5, 5.41) is 12.7. The maximum absolute atomic E-state index is 13.7. The van der Waals surface area contributed by atoms with Crippen LogP contribution in [0.5, 0.6) is 0 Å². The first-order valence-electron chi connectivity index (χ1n) is 15.1. The number of aromatic nitrogens is 2. The minimum Gasteiger partial charge on any atom is -0.393 e. The number of para-hydroxylation sites is 1. The second-order valence-corrected chi connectivity index (χ2v) is 11.6. The molecule has 0 aliphatic carbocycles. The number of amides is 2. The Morgan fingerprint density at radius 1 is 0.936 bits per heavy atom. The summed E-state index contributed by atoms with van der Waals surface area (Å²) < 4.78 is 81.5. The second-order valence-electron chi connectivity index (χ2n) is 11.6. The zero-order valence-corrected chi connectivity index (χ0v) is 25.5. The van der Waals surface area contributed by atoms with Gasteiger partial charge in [0.25, 0.3) is 11.5 Å². The quantitative estimate of drug-likeness (QED) is 0.308. The molecule has 2 heterocycles. The largest absolute Gasteiger partial charge is 0.393 e. The molecule has 0 spiro atoms. The third kappa shape index (κ3) is 9.94. The summed E-state index contributed by atoms with van der Waals surface area (Å²) in [5.41, 5.74) is -0.403. The third-order valence-corrected chi connectivity index (χ3v) is 8.15. The lowest BCUT2D eigenvalue weighted by Gasteiger charge is -2.31. The van der Waals surface area contributed by atoms with E-state index in [0.717, 1.165) is 4.57 Å². The molecule has 2 amide bonds. The molecule has 2 atom stereocenters. The van der Waals surface area contributed by atoms with Crippen molar-refractivity contribution in [3.63, 3.8) is 0 Å². The number of aryl methyl sites for hydroxylation is 1. The zero-order chi connectivity index (χ0) is 34.4. The minimum atomic E-state index is -4.80. The molecular weight excluding hydrogens is 632 g/mol. The van der Waals surface area contributed by atoms with Crippen molar-refractivity contribution in [1.82, 2.24) is 19.8 Å². The molecular formula is C32H35F6N5O4. The van der Waals surface area contributed by atoms with Crippen LogP contribution in [-0.4, -0.2) is 69.6 Å². The average Bonchev–Trinajstić information content (AvgIpc) is 3.12. The summed E-state index contributed by atoms with van der Waals surface area (Å²) >= 11 is 0. The van der Waals surface area contributed by atoms with E-state index in [1.54, 1.807) is 59.5 Å². The van der Waals surface area contributed by atoms with Crippen LogP contribution in [0.15, 0.2) is 64.4 Å². The van der Waals surface area contributed by atoms with Crippen molar-refractivity contribution in [3.8, 4) is 11.3 Å². The summed E-state index contributed by atoms with van der Waals surface area (Å²) in [6.45, 7) is 0.603. The fourth-order valence-electron chi connectivity index (χ4n) is 5.56. The van der Waals surface area contributed by atoms with Crippen molar-refractivity contribution in [3.05, 3.63) is 70.4 Å². The summed E-state index contributed by atoms with van der Waals surface area (Å²) in [5.74, 6) is -6.21. The molecule has 9 nitrogen and oxygen atoms in total. The molecule has 1 aliphatic rings. The molecule has 3 aromatic rings. The first-order valence-corrected chi connectivity index (χ1v) is 15.1. The minimum absolute atomic E-state index is 0.144. The van der Waals surface area contributed by atoms with E-state index in [4.69, 9.17) is 0 Å². The lowest BCUT2D eigenvalue weighted by Crippen LogP contribution is -2.46. The normalized spacial score (nSPS) is 16.6. The highest BCUT2D eigenvalue weighted by molar-refractivity contribution is 5.92. The smallest absolute Gasteiger partial charge is 0.389 e. The molecule has 0 saturated carbocycles. The van der Waals surface area contributed by atoms with Crippen LogP contribution in [0.4, 0.5) is 26.3 Å². The van der Waals surface area contributed by atoms with Crippen molar-refractivity contribution < 1.29 is 41.0 Å². The SMILES string of the molecule is Cn1c(=O)c(=NC(=O)[C@H](CCC(F)(F)F)[C@H](CCC(F)(F)F)C(=O)NCN2CCC(O)CC2)nc(-c2ccccc2)c2ccccc21. The van der Waals surface area contributed by atoms with Crippen LogP contribution < -0.4 is 16.4 Å². The number of rotatable bonds is 10. The van der Waals surface area contributed by atoms with Crippen molar-refractivity contribution >= 4 is 22.7 Å². The van der Waals surface area contributed by atoms with E-state index >= 15 is 0 Å². The van der Waals surface area contributed by atoms with E-state index in [1.165, 1.54) is 7.05 Å². The summed E-state index contributed by atoms with van der Waals surface area (Å²) in [6, 6.07) is 15.2. The first kappa shape index (κ1) is 35.7. The molecule has 2 aromatic carbocycles. The molecule has 1 fully saturated rings. The van der Waals surface area contributed by atoms with Crippen molar-refractivity contribution in [2.75, 3.05) is 19.8 Å². The maximum atomic E-state index is 13.7. The number of likely N-dealkylation sites (tertiary alicyclic amines) is 1. The first-order chi connectivity index (χ1) is 22.1. The van der Waals surface area contributed by atoms with Crippen LogP contribution in [0.2, 0.25) is 0 Å². The van der Waals surface area contributed by atoms with Gasteiger partial charge in [-0.25, -0.2) is 4.98 Å². The number of nitrogens with one attached hydrogen (secondary N) is 1. The van der Waals surface area contributed by atoms with E-state index < -0.39 is 78.8 Å². The van der Waals surface area contributed by atoms with Crippen LogP contribution in [0, 0.1) is 11.8 Å². The molecule has 254 valence electrons. The highest BCUT2D eigenvalue weighted by Gasteiger charge is 2.40. The van der Waals surface area contributed by atoms with Gasteiger partial charge in [0, 0.05) is 49.8 Å². The van der Waals surface area contributed by atoms with Crippen molar-refractivity contribution in [2.24, 2.45) is 23.9 Å². The van der Waals surface area contributed by atoms with E-state index in [1.807, 2.05) is 0 Å². The number of carbonyl (C=O) groups is 2. The Bertz CT molecular complexity index is 1690. The zero-order valence-electron chi connectivity index (χ0n) is 25.5. The van der Waals surface area contributed by atoms with Gasteiger partial charge in [-0.15, -0.1) is 0 Å². The van der Waals surface area contributed by atoms with Crippen molar-refractivity contribution in [2.45, 2.75) is 57.0 Å². The number of aliphatic hydroxyl groups excluding tert-OH is 1. The van der Waals surface area contributed by atoms with E-state index in [-0.39, 0.29) is 12.4 Å². The van der Waals surface area contributed by atoms with Crippen LogP contribution in [0.25, 0.3) is 22.2 Å². The maximum Gasteiger partial charge on any atom is 0.389 e. The van der Waals surface area contributed by atoms with Crippen molar-refractivity contribution in [1.29, 1.82) is 0 Å². The molecule has 2 N–H and O–H groups in total. The number of aliphatic hydroxyl groups is 1. The molecule has 1 aliphatic heterocycles. The number of halogens is 6. The predicted octanol–water partition coefficient (Wildman–Crippen LogP) is 4.48. The van der Waals surface area contributed by atoms with Gasteiger partial charge in [0.1, 0.15) is 0 Å². The van der Waals surface area contributed by atoms with Gasteiger partial charge in [-0.1, -0.05) is 48.5 Å². The summed E-state index contributed by atoms with van der Waals surface area (Å²) in [6.07, 6.45) is -14.4. The van der Waals surface area contributed by atoms with E-state index in [2.05, 4.69) is 15.3 Å². The molecule has 47 heavy (non-hydrogen) atoms. The van der Waals surface area contributed by atoms with E-state index in [0.29, 0.717) is 42.4 Å². The molecule has 0 radical (unpaired) electrons. The highest BCUT2D eigenvalue weighted by Crippen LogP contribution is 2.33. The molecule has 15 heteroatoms. The fourth-order valence-corrected chi connectivity index (χ4v) is 5.56. The van der Waals surface area contributed by atoms with Gasteiger partial charge in [-0.3, -0.25) is 19.3 Å². The van der Waals surface area contributed by atoms with Gasteiger partial charge in [0.2, 0.25) is 11.4 Å². The molecule has 1 saturated heterocycles. The van der Waals surface area contributed by atoms with Gasteiger partial charge < -0.3 is 15.0 Å². The Morgan fingerprint density at radius 2 is 1.51 bits per heavy atom. The molecule has 4 rings (SSSR count). The van der Waals surface area contributed by atoms with E-state index in [9.17, 15) is 45.8 Å². The molecule has 1 aromatic heterocycles. The molecule has 0 bridgehead atoms. The number of fused-ring (bicyclic) bond motifs is 1. The average molecular weight is 668 g/mol. The number of carbonyl (C=O) groups excluding carboxylic acids is 2. The highest BCUT2D eigenvalue weighted by atomic mass is 19.4. The second kappa shape index (κ2) is 15.2. The van der Waals surface area contributed by atoms with Gasteiger partial charge in [-0.05, 0) is 31.7 Å². The van der Waals surface area contributed by atoms with Gasteiger partial charge in [-0.2, -0.15) is 31.3 Å². The van der Waals surface area contributed by atoms with Crippen LogP contribution in [0.1, 0.15) is 38.5 Å². The monoisotopic (exact) mass is 667 g/mol. The van der Waals surface area contributed by atoms with Gasteiger partial charge >= 0.3 is 12.4 Å². The predicted molar refractivity (Wildman–Crippen MR) is 160 cm³/mol. The van der Waals surface area contributed by atoms with Gasteiger partial charge in [0.05, 0.1) is 29.9 Å². The Balaban J connectivity index is 1.80. The lowest BCUT2D eigenvalue weighted by molar-refractivity contribution is -0.152. The number of nitrogens with zero attached hydrogens (tertiary/aromatic N) is 4. The Kier molecular flexibility index (Phi) is 11.6. The lowest BCUT2D eigenvalue weighted by atomic mass is 9.83. The van der Waals surface area contributed by atoms with Gasteiger partial charge in [0.15, 0.2) is 0 Å². The van der Waals surface area contributed by atoms with Crippen LogP contribution in [0.3, 0.4) is 0 Å². The van der Waals surface area contributed by atoms with Crippen LogP contribution >= 0.6 is 0 Å². The number of alkyl halides is 6. The summed E-state index contributed by atoms with van der Waals surface area (Å²) in [7, 11) is 1.39. The Labute approximate surface area is 266 Å². The standard InChI is InChI=1S/C32H35F6N5O4/c1-42-25-10-6-5-9-24(25)26(20-7-3-2-4-8-20)40-27(30(42)47)41-29(46)23(12-16-32(36,37)38)22(11-15-31(33,34)35)28(45)39-19-43-17-13-21(44)14-18-43/h2-10,21-23,44H,11-19H2,1H3,(H,39,45)/t22-,23+/m0/s1. The number of hydrogen-bond acceptors (Lipinski definition) is 6. The number of piperidine rings is 1. The summed E-state index contributed by atoms with van der Waals surface area (Å²) in [4.78, 5) is 50.5. The topological polar surface area (TPSA) is 117 Å². The third-order valence-electron chi connectivity index (χ3n) is 8.15. The fraction of sp³-hybridized carbons (Fsp3) is 0.469. The number of hydrogen-bond donors (Lipinski definition) is 2. The Morgan fingerprint density at radius 3 is 2.13 bits per heavy atom. The number of benzene rings is 2. The molecule has 0 unspecified atom stereocenters. The Hall–Kier alpha value is -4.11. The van der Waals surface area contributed by atoms with Crippen LogP contribution in [-0.2, 0) is 16.6 Å².